The highest BCUT2D eigenvalue weighted by Gasteiger charge is 2.11. The minimum absolute atomic E-state index is 0.139. The molecule has 2 aromatic rings. The van der Waals surface area contributed by atoms with Crippen LogP contribution in [0.1, 0.15) is 46.5 Å². The minimum Gasteiger partial charge on any atom is -0.497 e. The zero-order chi connectivity index (χ0) is 24.1. The number of carbonyl (C=O) groups is 1. The van der Waals surface area contributed by atoms with Crippen molar-refractivity contribution in [1.82, 2.24) is 0 Å². The van der Waals surface area contributed by atoms with Crippen LogP contribution >= 0.6 is 0 Å². The topological polar surface area (TPSA) is 55.8 Å². The molecule has 0 amide bonds. The van der Waals surface area contributed by atoms with Crippen molar-refractivity contribution in [3.05, 3.63) is 131 Å². The molecule has 33 heavy (non-hydrogen) atoms. The van der Waals surface area contributed by atoms with Gasteiger partial charge < -0.3 is 14.6 Å². The molecule has 1 unspecified atom stereocenters. The van der Waals surface area contributed by atoms with Crippen LogP contribution in [0.5, 0.6) is 0 Å². The number of aliphatic hydroxyl groups is 1. The molecule has 2 aromatic carbocycles. The lowest BCUT2D eigenvalue weighted by Gasteiger charge is -2.12. The van der Waals surface area contributed by atoms with Gasteiger partial charge in [0, 0.05) is 5.56 Å². The van der Waals surface area contributed by atoms with Crippen LogP contribution in [0.15, 0.2) is 109 Å². The second-order valence-electron chi connectivity index (χ2n) is 7.36. The molecule has 0 aliphatic rings. The van der Waals surface area contributed by atoms with E-state index in [9.17, 15) is 9.90 Å². The number of carbonyl (C=O) groups excluding carboxylic acids is 1. The lowest BCUT2D eigenvalue weighted by atomic mass is 9.98. The Balaban J connectivity index is 1.94. The van der Waals surface area contributed by atoms with Gasteiger partial charge in [0.05, 0.1) is 7.11 Å². The Morgan fingerprint density at radius 1 is 1.03 bits per heavy atom. The summed E-state index contributed by atoms with van der Waals surface area (Å²) in [7, 11) is 1.63. The quantitative estimate of drug-likeness (QED) is 0.178. The first kappa shape index (κ1) is 25.6. The van der Waals surface area contributed by atoms with Gasteiger partial charge in [-0.3, -0.25) is 4.79 Å². The Morgan fingerprint density at radius 2 is 1.67 bits per heavy atom. The number of ether oxygens (including phenoxy) is 2. The number of aliphatic hydroxyl groups excluding tert-OH is 1. The number of rotatable bonds is 12. The van der Waals surface area contributed by atoms with Crippen LogP contribution < -0.4 is 0 Å². The van der Waals surface area contributed by atoms with Gasteiger partial charge in [0.25, 0.3) is 0 Å². The number of ketones is 1. The van der Waals surface area contributed by atoms with Crippen LogP contribution in [0.2, 0.25) is 0 Å². The van der Waals surface area contributed by atoms with E-state index in [1.807, 2.05) is 56.3 Å². The lowest BCUT2D eigenvalue weighted by molar-refractivity contribution is 0.104. The zero-order valence-corrected chi connectivity index (χ0v) is 19.5. The van der Waals surface area contributed by atoms with Gasteiger partial charge in [-0.2, -0.15) is 0 Å². The second kappa shape index (κ2) is 13.7. The fourth-order valence-electron chi connectivity index (χ4n) is 3.00. The average molecular weight is 445 g/mol. The fraction of sp³-hybridized carbons (Fsp3) is 0.207. The Labute approximate surface area is 196 Å². The van der Waals surface area contributed by atoms with Crippen LogP contribution in [0.3, 0.4) is 0 Å². The van der Waals surface area contributed by atoms with Gasteiger partial charge in [0.2, 0.25) is 0 Å². The van der Waals surface area contributed by atoms with E-state index in [1.165, 1.54) is 6.08 Å². The number of aryl methyl sites for hydroxylation is 1. The van der Waals surface area contributed by atoms with Crippen LogP contribution in [0, 0.1) is 6.92 Å². The minimum atomic E-state index is -0.730. The third-order valence-electron chi connectivity index (χ3n) is 4.88. The summed E-state index contributed by atoms with van der Waals surface area (Å²) in [6.45, 7) is 8.14. The summed E-state index contributed by atoms with van der Waals surface area (Å²) in [6, 6.07) is 14.7. The molecule has 0 aliphatic heterocycles. The number of allylic oxidation sites excluding steroid dienone is 6. The zero-order valence-electron chi connectivity index (χ0n) is 19.5. The van der Waals surface area contributed by atoms with E-state index in [-0.39, 0.29) is 5.78 Å². The Kier molecular flexibility index (Phi) is 10.6. The van der Waals surface area contributed by atoms with Crippen molar-refractivity contribution in [3.8, 4) is 0 Å². The molecule has 0 aromatic heterocycles. The van der Waals surface area contributed by atoms with Crippen LogP contribution in [0.25, 0.3) is 0 Å². The maximum absolute atomic E-state index is 12.5. The molecule has 0 spiro atoms. The molecule has 0 saturated carbocycles. The first-order chi connectivity index (χ1) is 16.0. The summed E-state index contributed by atoms with van der Waals surface area (Å²) in [4.78, 5) is 12.5. The van der Waals surface area contributed by atoms with Crippen molar-refractivity contribution in [2.24, 2.45) is 0 Å². The van der Waals surface area contributed by atoms with Crippen molar-refractivity contribution in [2.75, 3.05) is 13.7 Å². The van der Waals surface area contributed by atoms with Gasteiger partial charge in [-0.1, -0.05) is 73.7 Å². The fourth-order valence-corrected chi connectivity index (χ4v) is 3.00. The molecule has 1 N–H and O–H groups in total. The lowest BCUT2D eigenvalue weighted by Crippen LogP contribution is -2.01. The van der Waals surface area contributed by atoms with Crippen molar-refractivity contribution >= 4 is 5.78 Å². The molecule has 2 rings (SSSR count). The van der Waals surface area contributed by atoms with E-state index in [4.69, 9.17) is 9.47 Å². The van der Waals surface area contributed by atoms with Crippen molar-refractivity contribution < 1.29 is 19.4 Å². The van der Waals surface area contributed by atoms with E-state index < -0.39 is 6.10 Å². The summed E-state index contributed by atoms with van der Waals surface area (Å²) < 4.78 is 10.9. The molecule has 1 atom stereocenters. The van der Waals surface area contributed by atoms with Gasteiger partial charge in [0.1, 0.15) is 24.2 Å². The number of methoxy groups -OCH3 is 1. The second-order valence-corrected chi connectivity index (χ2v) is 7.36. The van der Waals surface area contributed by atoms with Crippen LogP contribution in [-0.2, 0) is 9.47 Å². The largest absolute Gasteiger partial charge is 0.497 e. The van der Waals surface area contributed by atoms with Gasteiger partial charge in [-0.15, -0.1) is 0 Å². The molecule has 0 radical (unpaired) electrons. The van der Waals surface area contributed by atoms with E-state index in [2.05, 4.69) is 6.58 Å². The highest BCUT2D eigenvalue weighted by molar-refractivity contribution is 6.04. The van der Waals surface area contributed by atoms with Gasteiger partial charge >= 0.3 is 0 Å². The monoisotopic (exact) mass is 444 g/mol. The summed E-state index contributed by atoms with van der Waals surface area (Å²) in [6.07, 6.45) is 12.2. The number of hydrogen-bond acceptors (Lipinski definition) is 4. The van der Waals surface area contributed by atoms with Gasteiger partial charge in [-0.05, 0) is 60.9 Å². The van der Waals surface area contributed by atoms with Crippen LogP contribution in [-0.4, -0.2) is 24.6 Å². The van der Waals surface area contributed by atoms with Gasteiger partial charge in [0.15, 0.2) is 5.78 Å². The highest BCUT2D eigenvalue weighted by atomic mass is 16.5. The summed E-state index contributed by atoms with van der Waals surface area (Å²) in [5.74, 6) is 1.20. The van der Waals surface area contributed by atoms with Gasteiger partial charge in [-0.25, -0.2) is 0 Å². The molecule has 0 aliphatic carbocycles. The molecule has 4 nitrogen and oxygen atoms in total. The molecule has 0 bridgehead atoms. The standard InChI is InChI=1S/C29H32O4/c1-5-9-27(32-4)11-8-21-33-26(6-2)10-7-12-28(30)23-17-19-25(20-18-23)29(31)24-15-13-22(3)14-16-24/h6-20,29,31H,2,5,21H2,1,3-4H3/b11-8-,12-7+,26-10+,27-9+. The summed E-state index contributed by atoms with van der Waals surface area (Å²) in [5, 5.41) is 10.6. The maximum atomic E-state index is 12.5. The predicted octanol–water partition coefficient (Wildman–Crippen LogP) is 6.40. The summed E-state index contributed by atoms with van der Waals surface area (Å²) >= 11 is 0. The molecular formula is C29H32O4. The number of benzene rings is 2. The van der Waals surface area contributed by atoms with E-state index in [1.54, 1.807) is 49.6 Å². The molecular weight excluding hydrogens is 412 g/mol. The first-order valence-corrected chi connectivity index (χ1v) is 10.9. The van der Waals surface area contributed by atoms with Crippen LogP contribution in [0.4, 0.5) is 0 Å². The highest BCUT2D eigenvalue weighted by Crippen LogP contribution is 2.22. The Hall–Kier alpha value is -3.63. The molecule has 172 valence electrons. The normalized spacial score (nSPS) is 13.3. The van der Waals surface area contributed by atoms with Crippen molar-refractivity contribution in [3.63, 3.8) is 0 Å². The number of hydrogen-bond donors (Lipinski definition) is 1. The van der Waals surface area contributed by atoms with E-state index in [0.29, 0.717) is 17.9 Å². The first-order valence-electron chi connectivity index (χ1n) is 10.9. The van der Waals surface area contributed by atoms with E-state index in [0.717, 1.165) is 28.9 Å². The molecule has 4 heteroatoms. The molecule has 0 heterocycles. The smallest absolute Gasteiger partial charge is 0.185 e. The SMILES string of the molecule is C=C/C(=C\C=C\C(=O)c1ccc(C(O)c2ccc(C)cc2)cc1)OC/C=C\C(=C/CC)OC. The maximum Gasteiger partial charge on any atom is 0.185 e. The third-order valence-corrected chi connectivity index (χ3v) is 4.88. The molecule has 0 fully saturated rings. The van der Waals surface area contributed by atoms with Crippen molar-refractivity contribution in [1.29, 1.82) is 0 Å². The average Bonchev–Trinajstić information content (AvgIpc) is 2.84. The Morgan fingerprint density at radius 3 is 2.24 bits per heavy atom. The van der Waals surface area contributed by atoms with E-state index >= 15 is 0 Å². The molecule has 0 saturated heterocycles. The third kappa shape index (κ3) is 8.43. The summed E-state index contributed by atoms with van der Waals surface area (Å²) in [5.41, 5.74) is 3.23. The van der Waals surface area contributed by atoms with Crippen molar-refractivity contribution in [2.45, 2.75) is 26.4 Å². The Bertz CT molecular complexity index is 1020. The predicted molar refractivity (Wildman–Crippen MR) is 134 cm³/mol.